The molecule has 1 heteroatoms. The molecule has 34 valence electrons. The fourth-order valence-corrected chi connectivity index (χ4v) is 0.174. The molecule has 0 rings (SSSR count). The molecule has 0 radical (unpaired) electrons. The van der Waals surface area contributed by atoms with Crippen LogP contribution in [0.5, 0.6) is 0 Å². The fraction of sp³-hybridized carbons (Fsp3) is 0.400. The van der Waals surface area contributed by atoms with Gasteiger partial charge in [-0.3, -0.25) is 0 Å². The van der Waals surface area contributed by atoms with Crippen LogP contribution in [0.1, 0.15) is 12.8 Å². The van der Waals surface area contributed by atoms with Gasteiger partial charge in [-0.25, -0.2) is 0 Å². The van der Waals surface area contributed by atoms with E-state index in [0.717, 1.165) is 6.42 Å². The molecule has 0 atom stereocenters. The maximum absolute atomic E-state index is 6.41. The van der Waals surface area contributed by atoms with Crippen molar-refractivity contribution < 1.29 is 0 Å². The fourth-order valence-electron chi connectivity index (χ4n) is 0.174. The summed E-state index contributed by atoms with van der Waals surface area (Å²) in [5.41, 5.74) is 0. The first-order chi connectivity index (χ1) is 2.91. The van der Waals surface area contributed by atoms with Gasteiger partial charge in [-0.2, -0.15) is 6.42 Å². The third-order valence-corrected chi connectivity index (χ3v) is 0.473. The highest BCUT2D eigenvalue weighted by Gasteiger charge is 1.56. The molecule has 0 aliphatic rings. The number of hydrogen-bond acceptors (Lipinski definition) is 1. The van der Waals surface area contributed by atoms with E-state index < -0.39 is 0 Å². The Balaban J connectivity index is 2.66. The molecular weight excluding hydrogens is 74.1 g/mol. The Morgan fingerprint density at radius 1 is 1.83 bits per heavy atom. The molecule has 0 aromatic heterocycles. The van der Waals surface area contributed by atoms with Gasteiger partial charge in [-0.15, -0.1) is 6.58 Å². The Morgan fingerprint density at radius 2 is 2.50 bits per heavy atom. The highest BCUT2D eigenvalue weighted by atomic mass is 14.3. The van der Waals surface area contributed by atoms with Gasteiger partial charge in [0.15, 0.2) is 0 Å². The van der Waals surface area contributed by atoms with E-state index in [1.54, 1.807) is 6.08 Å². The van der Waals surface area contributed by atoms with Crippen LogP contribution in [-0.4, -0.2) is 6.21 Å². The Morgan fingerprint density at radius 3 is 2.67 bits per heavy atom. The second-order valence-corrected chi connectivity index (χ2v) is 1.00. The van der Waals surface area contributed by atoms with Gasteiger partial charge < -0.3 is 11.6 Å². The van der Waals surface area contributed by atoms with Gasteiger partial charge in [0.2, 0.25) is 0 Å². The highest BCUT2D eigenvalue weighted by molar-refractivity contribution is 5.52. The smallest absolute Gasteiger partial charge is 0.0607 e. The lowest BCUT2D eigenvalue weighted by Crippen LogP contribution is -1.65. The van der Waals surface area contributed by atoms with Crippen LogP contribution in [0, 0.1) is 5.41 Å². The number of allylic oxidation sites excluding steroid dienone is 1. The summed E-state index contributed by atoms with van der Waals surface area (Å²) in [5, 5.41) is 6.41. The SMILES string of the molecule is C=CCC[C-]=N. The summed E-state index contributed by atoms with van der Waals surface area (Å²) in [6, 6.07) is 0. The summed E-state index contributed by atoms with van der Waals surface area (Å²) in [7, 11) is 0. The van der Waals surface area contributed by atoms with Crippen LogP contribution in [0.15, 0.2) is 12.7 Å². The molecule has 0 amide bonds. The van der Waals surface area contributed by atoms with Crippen molar-refractivity contribution in [3.8, 4) is 0 Å². The third kappa shape index (κ3) is 3.41. The summed E-state index contributed by atoms with van der Waals surface area (Å²) in [6.45, 7) is 3.47. The van der Waals surface area contributed by atoms with Gasteiger partial charge in [-0.1, -0.05) is 12.5 Å². The van der Waals surface area contributed by atoms with E-state index in [4.69, 9.17) is 5.41 Å². The molecule has 1 nitrogen and oxygen atoms in total. The maximum Gasteiger partial charge on any atom is -0.0607 e. The first-order valence-electron chi connectivity index (χ1n) is 1.92. The molecule has 0 aromatic carbocycles. The largest absolute Gasteiger partial charge is 0.519 e. The van der Waals surface area contributed by atoms with Crippen molar-refractivity contribution in [3.05, 3.63) is 12.7 Å². The minimum Gasteiger partial charge on any atom is -0.519 e. The van der Waals surface area contributed by atoms with Crippen molar-refractivity contribution in [1.82, 2.24) is 0 Å². The van der Waals surface area contributed by atoms with Crippen LogP contribution in [0.3, 0.4) is 0 Å². The average molecular weight is 82.1 g/mol. The number of nitrogens with one attached hydrogen (secondary N) is 1. The van der Waals surface area contributed by atoms with Crippen LogP contribution < -0.4 is 0 Å². The molecule has 0 heterocycles. The van der Waals surface area contributed by atoms with Crippen molar-refractivity contribution in [2.45, 2.75) is 12.8 Å². The van der Waals surface area contributed by atoms with Crippen molar-refractivity contribution in [1.29, 1.82) is 5.41 Å². The second kappa shape index (κ2) is 4.41. The Labute approximate surface area is 38.2 Å². The summed E-state index contributed by atoms with van der Waals surface area (Å²) in [6.07, 6.45) is 5.62. The number of unbranched alkanes of at least 4 members (excludes halogenated alkanes) is 1. The molecule has 0 saturated carbocycles. The van der Waals surface area contributed by atoms with Crippen LogP contribution in [0.4, 0.5) is 0 Å². The Hall–Kier alpha value is -0.590. The molecule has 0 aliphatic carbocycles. The molecular formula is C5H8N-. The molecule has 0 bridgehead atoms. The van der Waals surface area contributed by atoms with E-state index in [-0.39, 0.29) is 0 Å². The molecule has 0 unspecified atom stereocenters. The first kappa shape index (κ1) is 5.41. The Kier molecular flexibility index (Phi) is 3.98. The quantitative estimate of drug-likeness (QED) is 0.231. The zero-order valence-electron chi connectivity index (χ0n) is 3.70. The lowest BCUT2D eigenvalue weighted by molar-refractivity contribution is 1.11. The summed E-state index contributed by atoms with van der Waals surface area (Å²) < 4.78 is 0. The van der Waals surface area contributed by atoms with E-state index in [0.29, 0.717) is 6.42 Å². The highest BCUT2D eigenvalue weighted by Crippen LogP contribution is 1.80. The van der Waals surface area contributed by atoms with Crippen molar-refractivity contribution in [3.63, 3.8) is 0 Å². The van der Waals surface area contributed by atoms with Gasteiger partial charge in [0.1, 0.15) is 0 Å². The zero-order valence-corrected chi connectivity index (χ0v) is 3.70. The minimum atomic E-state index is 0.712. The van der Waals surface area contributed by atoms with Crippen LogP contribution in [0.2, 0.25) is 0 Å². The molecule has 0 aromatic rings. The summed E-state index contributed by atoms with van der Waals surface area (Å²) >= 11 is 0. The summed E-state index contributed by atoms with van der Waals surface area (Å²) in [5.74, 6) is 0. The van der Waals surface area contributed by atoms with Gasteiger partial charge in [0.25, 0.3) is 0 Å². The number of rotatable bonds is 3. The summed E-state index contributed by atoms with van der Waals surface area (Å²) in [4.78, 5) is 0. The van der Waals surface area contributed by atoms with Crippen molar-refractivity contribution in [2.24, 2.45) is 0 Å². The molecule has 6 heavy (non-hydrogen) atoms. The van der Waals surface area contributed by atoms with Crippen LogP contribution in [-0.2, 0) is 0 Å². The first-order valence-corrected chi connectivity index (χ1v) is 1.92. The monoisotopic (exact) mass is 82.1 g/mol. The minimum absolute atomic E-state index is 0.712. The van der Waals surface area contributed by atoms with Gasteiger partial charge in [-0.05, 0) is 0 Å². The molecule has 0 saturated heterocycles. The van der Waals surface area contributed by atoms with Gasteiger partial charge in [0.05, 0.1) is 0 Å². The van der Waals surface area contributed by atoms with E-state index in [1.807, 2.05) is 0 Å². The van der Waals surface area contributed by atoms with Crippen molar-refractivity contribution in [2.75, 3.05) is 0 Å². The standard InChI is InChI=1S/C5H8N/c1-2-3-4-5-6/h2,6H,1,3-4H2/q-1. The normalized spacial score (nSPS) is 7.33. The molecule has 0 fully saturated rings. The predicted molar refractivity (Wildman–Crippen MR) is 27.2 cm³/mol. The van der Waals surface area contributed by atoms with E-state index in [9.17, 15) is 0 Å². The van der Waals surface area contributed by atoms with E-state index in [1.165, 1.54) is 0 Å². The second-order valence-electron chi connectivity index (χ2n) is 1.00. The van der Waals surface area contributed by atoms with E-state index in [2.05, 4.69) is 12.8 Å². The number of hydrogen-bond donors (Lipinski definition) is 1. The third-order valence-electron chi connectivity index (χ3n) is 0.473. The molecule has 0 aliphatic heterocycles. The predicted octanol–water partition coefficient (Wildman–Crippen LogP) is 1.48. The average Bonchev–Trinajstić information content (AvgIpc) is 1.61. The lowest BCUT2D eigenvalue weighted by atomic mass is 10.3. The zero-order chi connectivity index (χ0) is 4.83. The van der Waals surface area contributed by atoms with E-state index >= 15 is 0 Å². The van der Waals surface area contributed by atoms with Gasteiger partial charge >= 0.3 is 0 Å². The molecule has 1 N–H and O–H groups in total. The maximum atomic E-state index is 6.41. The lowest BCUT2D eigenvalue weighted by Gasteiger charge is -1.90. The Bertz CT molecular complexity index is 39.9. The van der Waals surface area contributed by atoms with Gasteiger partial charge in [0, 0.05) is 0 Å². The topological polar surface area (TPSA) is 23.9 Å². The van der Waals surface area contributed by atoms with Crippen molar-refractivity contribution >= 4 is 6.21 Å². The molecule has 0 spiro atoms. The van der Waals surface area contributed by atoms with Crippen LogP contribution >= 0.6 is 0 Å². The van der Waals surface area contributed by atoms with Crippen LogP contribution in [0.25, 0.3) is 0 Å².